The molecule has 0 heterocycles. The van der Waals surface area contributed by atoms with E-state index in [1.165, 1.54) is 340 Å². The molecule has 0 rings (SSSR count). The minimum absolute atomic E-state index is 0.0209. The molecule has 454 valence electrons. The number of nitrogens with one attached hydrogen (secondary N) is 1. The summed E-state index contributed by atoms with van der Waals surface area (Å²) in [7, 11) is 0. The lowest BCUT2D eigenvalue weighted by Gasteiger charge is -2.22. The highest BCUT2D eigenvalue weighted by molar-refractivity contribution is 5.76. The Balaban J connectivity index is 3.34. The van der Waals surface area contributed by atoms with Gasteiger partial charge >= 0.3 is 5.97 Å². The van der Waals surface area contributed by atoms with Gasteiger partial charge in [-0.25, -0.2) is 0 Å². The molecule has 0 aromatic carbocycles. The van der Waals surface area contributed by atoms with Crippen molar-refractivity contribution >= 4 is 11.9 Å². The Hall–Kier alpha value is -1.14. The third-order valence-corrected chi connectivity index (χ3v) is 16.9. The van der Waals surface area contributed by atoms with E-state index >= 15 is 0 Å². The van der Waals surface area contributed by atoms with Crippen LogP contribution in [0.2, 0.25) is 0 Å². The molecule has 0 fully saturated rings. The van der Waals surface area contributed by atoms with Gasteiger partial charge in [-0.2, -0.15) is 0 Å². The summed E-state index contributed by atoms with van der Waals surface area (Å²) in [6.45, 7) is 5.00. The number of rotatable bonds is 67. The summed E-state index contributed by atoms with van der Waals surface area (Å²) >= 11 is 0. The van der Waals surface area contributed by atoms with Gasteiger partial charge in [-0.15, -0.1) is 0 Å². The average Bonchev–Trinajstić information content (AvgIpc) is 3.42. The largest absolute Gasteiger partial charge is 0.466 e. The van der Waals surface area contributed by atoms with E-state index in [4.69, 9.17) is 4.74 Å². The first kappa shape index (κ1) is 74.9. The average molecular weight is 1070 g/mol. The zero-order valence-corrected chi connectivity index (χ0v) is 52.0. The molecule has 1 amide bonds. The molecule has 6 heteroatoms. The molecule has 2 unspecified atom stereocenters. The lowest BCUT2D eigenvalue weighted by Crippen LogP contribution is -2.45. The summed E-state index contributed by atoms with van der Waals surface area (Å²) in [4.78, 5) is 24.6. The lowest BCUT2D eigenvalue weighted by atomic mass is 10.0. The number of hydrogen-bond acceptors (Lipinski definition) is 5. The number of carbonyl (C=O) groups excluding carboxylic acids is 2. The summed E-state index contributed by atoms with van der Waals surface area (Å²) in [6, 6.07) is -0.539. The molecule has 3 N–H and O–H groups in total. The monoisotopic (exact) mass is 1070 g/mol. The normalized spacial score (nSPS) is 12.4. The SMILES string of the molecule is CCCCCCCCCCCCCCCCCCCCCC(O)C(CO)NC(=O)CCCCCCCCCCCCCCCCCCCCCCCCCCCCCOC(=O)CCCCCCCCCCCCCCC. The molecule has 0 aliphatic rings. The Kier molecular flexibility index (Phi) is 65.4. The summed E-state index contributed by atoms with van der Waals surface area (Å²) in [5, 5.41) is 23.4. The number of aliphatic hydroxyl groups excluding tert-OH is 2. The third kappa shape index (κ3) is 62.1. The van der Waals surface area contributed by atoms with Crippen LogP contribution < -0.4 is 5.32 Å². The molecule has 0 aliphatic heterocycles. The van der Waals surface area contributed by atoms with E-state index in [1.54, 1.807) is 0 Å². The molecule has 0 radical (unpaired) electrons. The van der Waals surface area contributed by atoms with Gasteiger partial charge in [0.2, 0.25) is 5.91 Å². The van der Waals surface area contributed by atoms with Crippen LogP contribution in [-0.4, -0.2) is 47.4 Å². The highest BCUT2D eigenvalue weighted by Gasteiger charge is 2.20. The molecular formula is C70H139NO5. The van der Waals surface area contributed by atoms with Crippen LogP contribution in [0.1, 0.15) is 412 Å². The highest BCUT2D eigenvalue weighted by Crippen LogP contribution is 2.20. The van der Waals surface area contributed by atoms with E-state index in [9.17, 15) is 19.8 Å². The Morgan fingerprint density at radius 3 is 0.803 bits per heavy atom. The van der Waals surface area contributed by atoms with Crippen molar-refractivity contribution in [2.75, 3.05) is 13.2 Å². The fraction of sp³-hybridized carbons (Fsp3) is 0.971. The van der Waals surface area contributed by atoms with Gasteiger partial charge in [0.05, 0.1) is 25.4 Å². The van der Waals surface area contributed by atoms with Crippen molar-refractivity contribution < 1.29 is 24.5 Å². The van der Waals surface area contributed by atoms with Crippen LogP contribution in [0, 0.1) is 0 Å². The van der Waals surface area contributed by atoms with Crippen molar-refractivity contribution in [1.29, 1.82) is 0 Å². The van der Waals surface area contributed by atoms with Crippen LogP contribution in [0.5, 0.6) is 0 Å². The first-order valence-corrected chi connectivity index (χ1v) is 35.3. The van der Waals surface area contributed by atoms with Crippen LogP contribution in [0.15, 0.2) is 0 Å². The van der Waals surface area contributed by atoms with E-state index in [0.29, 0.717) is 25.9 Å². The summed E-state index contributed by atoms with van der Waals surface area (Å²) in [5.41, 5.74) is 0. The van der Waals surface area contributed by atoms with E-state index < -0.39 is 12.1 Å². The molecule has 0 aromatic rings. The fourth-order valence-electron chi connectivity index (χ4n) is 11.5. The topological polar surface area (TPSA) is 95.9 Å². The summed E-state index contributed by atoms with van der Waals surface area (Å²) in [5.74, 6) is -0.00631. The van der Waals surface area contributed by atoms with Crippen molar-refractivity contribution in [2.45, 2.75) is 424 Å². The maximum Gasteiger partial charge on any atom is 0.305 e. The second-order valence-electron chi connectivity index (χ2n) is 24.6. The standard InChI is InChI=1S/C70H139NO5/c1-3-5-7-9-11-13-15-17-18-19-29-32-35-39-42-46-50-54-58-62-68(73)67(66-72)71-69(74)63-59-55-51-47-43-40-36-33-30-27-25-23-21-20-22-24-26-28-31-34-37-41-45-49-53-57-61-65-76-70(75)64-60-56-52-48-44-38-16-14-12-10-8-6-4-2/h67-68,72-73H,3-66H2,1-2H3,(H,71,74). The molecule has 0 bridgehead atoms. The molecule has 0 saturated carbocycles. The molecule has 2 atom stereocenters. The van der Waals surface area contributed by atoms with E-state index in [0.717, 1.165) is 38.5 Å². The van der Waals surface area contributed by atoms with Crippen molar-refractivity contribution in [1.82, 2.24) is 5.32 Å². The number of unbranched alkanes of at least 4 members (excludes halogenated alkanes) is 56. The molecule has 0 saturated heterocycles. The van der Waals surface area contributed by atoms with Crippen LogP contribution in [0.25, 0.3) is 0 Å². The predicted molar refractivity (Wildman–Crippen MR) is 334 cm³/mol. The van der Waals surface area contributed by atoms with Crippen LogP contribution in [0.3, 0.4) is 0 Å². The number of esters is 1. The maximum absolute atomic E-state index is 12.5. The first-order chi connectivity index (χ1) is 37.5. The van der Waals surface area contributed by atoms with Gasteiger partial charge in [0, 0.05) is 12.8 Å². The molecule has 6 nitrogen and oxygen atoms in total. The summed E-state index contributed by atoms with van der Waals surface area (Å²) in [6.07, 6.45) is 80.1. The quantitative estimate of drug-likeness (QED) is 0.0417. The van der Waals surface area contributed by atoms with E-state index in [-0.39, 0.29) is 18.5 Å². The molecule has 0 aromatic heterocycles. The smallest absolute Gasteiger partial charge is 0.305 e. The van der Waals surface area contributed by atoms with Gasteiger partial charge in [-0.05, 0) is 25.7 Å². The van der Waals surface area contributed by atoms with Gasteiger partial charge in [-0.1, -0.05) is 373 Å². The number of amides is 1. The predicted octanol–water partition coefficient (Wildman–Crippen LogP) is 22.6. The van der Waals surface area contributed by atoms with Gasteiger partial charge in [0.25, 0.3) is 0 Å². The fourth-order valence-corrected chi connectivity index (χ4v) is 11.5. The Labute approximate surface area is 476 Å². The second-order valence-corrected chi connectivity index (χ2v) is 24.6. The number of ether oxygens (including phenoxy) is 1. The van der Waals surface area contributed by atoms with Gasteiger partial charge < -0.3 is 20.3 Å². The minimum Gasteiger partial charge on any atom is -0.466 e. The van der Waals surface area contributed by atoms with Gasteiger partial charge in [0.1, 0.15) is 0 Å². The molecule has 0 aliphatic carbocycles. The van der Waals surface area contributed by atoms with Crippen molar-refractivity contribution in [3.8, 4) is 0 Å². The molecule has 0 spiro atoms. The second kappa shape index (κ2) is 66.4. The van der Waals surface area contributed by atoms with Crippen LogP contribution in [-0.2, 0) is 14.3 Å². The van der Waals surface area contributed by atoms with Crippen LogP contribution in [0.4, 0.5) is 0 Å². The Morgan fingerprint density at radius 1 is 0.316 bits per heavy atom. The van der Waals surface area contributed by atoms with Crippen molar-refractivity contribution in [3.63, 3.8) is 0 Å². The van der Waals surface area contributed by atoms with E-state index in [2.05, 4.69) is 19.2 Å². The number of aliphatic hydroxyl groups is 2. The zero-order chi connectivity index (χ0) is 55.0. The first-order valence-electron chi connectivity index (χ1n) is 35.3. The van der Waals surface area contributed by atoms with Crippen LogP contribution >= 0.6 is 0 Å². The van der Waals surface area contributed by atoms with E-state index in [1.807, 2.05) is 0 Å². The highest BCUT2D eigenvalue weighted by atomic mass is 16.5. The van der Waals surface area contributed by atoms with Crippen molar-refractivity contribution in [2.24, 2.45) is 0 Å². The van der Waals surface area contributed by atoms with Crippen molar-refractivity contribution in [3.05, 3.63) is 0 Å². The third-order valence-electron chi connectivity index (χ3n) is 16.9. The maximum atomic E-state index is 12.5. The number of carbonyl (C=O) groups is 2. The Bertz CT molecular complexity index is 1100. The molecular weight excluding hydrogens is 935 g/mol. The summed E-state index contributed by atoms with van der Waals surface area (Å²) < 4.78 is 5.49. The minimum atomic E-state index is -0.662. The molecule has 76 heavy (non-hydrogen) atoms. The lowest BCUT2D eigenvalue weighted by molar-refractivity contribution is -0.143. The Morgan fingerprint density at radius 2 is 0.539 bits per heavy atom. The number of hydrogen-bond donors (Lipinski definition) is 3. The zero-order valence-electron chi connectivity index (χ0n) is 52.0. The van der Waals surface area contributed by atoms with Gasteiger partial charge in [-0.3, -0.25) is 9.59 Å². The van der Waals surface area contributed by atoms with Gasteiger partial charge in [0.15, 0.2) is 0 Å².